The van der Waals surface area contributed by atoms with Crippen molar-refractivity contribution in [3.8, 4) is 0 Å². The van der Waals surface area contributed by atoms with E-state index in [0.29, 0.717) is 19.6 Å². The van der Waals surface area contributed by atoms with Gasteiger partial charge in [-0.3, -0.25) is 0 Å². The molecule has 2 aromatic rings. The van der Waals surface area contributed by atoms with Crippen molar-refractivity contribution in [3.63, 3.8) is 0 Å². The van der Waals surface area contributed by atoms with Crippen molar-refractivity contribution < 1.29 is 14.8 Å². The molecule has 0 unspecified atom stereocenters. The Labute approximate surface area is 143 Å². The van der Waals surface area contributed by atoms with Gasteiger partial charge in [0.2, 0.25) is 0 Å². The average Bonchev–Trinajstić information content (AvgIpc) is 2.62. The number of aliphatic hydroxyl groups excluding tert-OH is 2. The van der Waals surface area contributed by atoms with Gasteiger partial charge < -0.3 is 20.8 Å². The second kappa shape index (κ2) is 9.82. The highest BCUT2D eigenvalue weighted by Crippen LogP contribution is 2.16. The van der Waals surface area contributed by atoms with Crippen LogP contribution in [-0.2, 0) is 6.54 Å². The summed E-state index contributed by atoms with van der Waals surface area (Å²) < 4.78 is 2.06. The molecule has 2 rings (SSSR count). The molecular formula is C19H26N3O2+. The number of aliphatic hydroxyl groups is 2. The fourth-order valence-electron chi connectivity index (χ4n) is 2.48. The average molecular weight is 328 g/mol. The fraction of sp³-hybridized carbons (Fsp3) is 0.316. The second-order valence-corrected chi connectivity index (χ2v) is 5.52. The largest absolute Gasteiger partial charge is 0.395 e. The number of pyridine rings is 1. The zero-order chi connectivity index (χ0) is 17.2. The standard InChI is InChI=1S/C19H26N3O2/c20-9-12-21-10-7-18(8-11-21)2-1-17-3-5-19(6-4-17)22(13-15-23)14-16-24/h1-8,10-11,23-24H,9,12-16,20H2/q+1. The van der Waals surface area contributed by atoms with Crippen molar-refractivity contribution in [2.45, 2.75) is 6.54 Å². The first-order valence-electron chi connectivity index (χ1n) is 8.21. The van der Waals surface area contributed by atoms with Crippen LogP contribution in [0.15, 0.2) is 48.8 Å². The first-order chi connectivity index (χ1) is 11.8. The number of hydrogen-bond acceptors (Lipinski definition) is 4. The van der Waals surface area contributed by atoms with E-state index in [-0.39, 0.29) is 13.2 Å². The lowest BCUT2D eigenvalue weighted by Gasteiger charge is -2.22. The van der Waals surface area contributed by atoms with Crippen molar-refractivity contribution in [2.75, 3.05) is 37.7 Å². The van der Waals surface area contributed by atoms with Crippen molar-refractivity contribution in [1.29, 1.82) is 0 Å². The van der Waals surface area contributed by atoms with E-state index in [1.165, 1.54) is 0 Å². The molecule has 24 heavy (non-hydrogen) atoms. The van der Waals surface area contributed by atoms with E-state index in [9.17, 15) is 0 Å². The third kappa shape index (κ3) is 5.45. The number of aromatic nitrogens is 1. The first-order valence-corrected chi connectivity index (χ1v) is 8.21. The molecule has 1 heterocycles. The number of nitrogens with two attached hydrogens (primary N) is 1. The Kier molecular flexibility index (Phi) is 7.42. The molecule has 0 saturated heterocycles. The lowest BCUT2D eigenvalue weighted by atomic mass is 10.1. The summed E-state index contributed by atoms with van der Waals surface area (Å²) in [5.74, 6) is 0. The van der Waals surface area contributed by atoms with Gasteiger partial charge in [0.25, 0.3) is 0 Å². The van der Waals surface area contributed by atoms with Crippen molar-refractivity contribution in [3.05, 3.63) is 59.9 Å². The predicted octanol–water partition coefficient (Wildman–Crippen LogP) is 0.894. The van der Waals surface area contributed by atoms with E-state index >= 15 is 0 Å². The predicted molar refractivity (Wildman–Crippen MR) is 97.4 cm³/mol. The summed E-state index contributed by atoms with van der Waals surface area (Å²) in [6.07, 6.45) is 8.18. The van der Waals surface area contributed by atoms with Crippen molar-refractivity contribution >= 4 is 17.8 Å². The quantitative estimate of drug-likeness (QED) is 0.598. The van der Waals surface area contributed by atoms with Gasteiger partial charge in [-0.05, 0) is 23.3 Å². The van der Waals surface area contributed by atoms with E-state index in [2.05, 4.69) is 28.9 Å². The SMILES string of the molecule is NCC[n+]1ccc(C=Cc2ccc(N(CCO)CCO)cc2)cc1. The maximum atomic E-state index is 9.10. The first kappa shape index (κ1) is 18.1. The Morgan fingerprint density at radius 1 is 0.875 bits per heavy atom. The summed E-state index contributed by atoms with van der Waals surface area (Å²) in [6, 6.07) is 12.2. The molecule has 128 valence electrons. The molecule has 0 aliphatic rings. The van der Waals surface area contributed by atoms with Crippen LogP contribution in [0.25, 0.3) is 12.2 Å². The second-order valence-electron chi connectivity index (χ2n) is 5.52. The van der Waals surface area contributed by atoms with Gasteiger partial charge in [-0.2, -0.15) is 0 Å². The number of benzene rings is 1. The van der Waals surface area contributed by atoms with Crippen LogP contribution in [0.1, 0.15) is 11.1 Å². The lowest BCUT2D eigenvalue weighted by Crippen LogP contribution is -2.36. The van der Waals surface area contributed by atoms with E-state index in [1.54, 1.807) is 0 Å². The van der Waals surface area contributed by atoms with Crippen LogP contribution in [0.5, 0.6) is 0 Å². The molecule has 0 radical (unpaired) electrons. The molecule has 0 aliphatic heterocycles. The molecule has 4 N–H and O–H groups in total. The minimum atomic E-state index is 0.0693. The van der Waals surface area contributed by atoms with Crippen molar-refractivity contribution in [1.82, 2.24) is 0 Å². The molecule has 0 amide bonds. The van der Waals surface area contributed by atoms with Gasteiger partial charge in [-0.1, -0.05) is 24.3 Å². The maximum absolute atomic E-state index is 9.10. The highest BCUT2D eigenvalue weighted by atomic mass is 16.3. The molecule has 1 aromatic carbocycles. The Bertz CT molecular complexity index is 618. The Morgan fingerprint density at radius 3 is 1.92 bits per heavy atom. The van der Waals surface area contributed by atoms with Gasteiger partial charge in [0, 0.05) is 30.9 Å². The normalized spacial score (nSPS) is 11.1. The number of rotatable bonds is 9. The lowest BCUT2D eigenvalue weighted by molar-refractivity contribution is -0.694. The molecule has 1 aromatic heterocycles. The molecule has 0 fully saturated rings. The smallest absolute Gasteiger partial charge is 0.169 e. The van der Waals surface area contributed by atoms with E-state index in [4.69, 9.17) is 15.9 Å². The fourth-order valence-corrected chi connectivity index (χ4v) is 2.48. The highest BCUT2D eigenvalue weighted by molar-refractivity contribution is 5.70. The van der Waals surface area contributed by atoms with E-state index in [0.717, 1.165) is 23.4 Å². The number of anilines is 1. The molecule has 0 spiro atoms. The zero-order valence-corrected chi connectivity index (χ0v) is 13.9. The van der Waals surface area contributed by atoms with Crippen LogP contribution in [0.3, 0.4) is 0 Å². The third-order valence-corrected chi connectivity index (χ3v) is 3.77. The van der Waals surface area contributed by atoms with Crippen LogP contribution in [-0.4, -0.2) is 43.1 Å². The van der Waals surface area contributed by atoms with Crippen molar-refractivity contribution in [2.24, 2.45) is 5.73 Å². The van der Waals surface area contributed by atoms with Crippen LogP contribution >= 0.6 is 0 Å². The van der Waals surface area contributed by atoms with Crippen LogP contribution < -0.4 is 15.2 Å². The Morgan fingerprint density at radius 2 is 1.42 bits per heavy atom. The minimum Gasteiger partial charge on any atom is -0.395 e. The van der Waals surface area contributed by atoms with Gasteiger partial charge in [0.15, 0.2) is 18.9 Å². The van der Waals surface area contributed by atoms with Gasteiger partial charge in [0.1, 0.15) is 0 Å². The summed E-state index contributed by atoms with van der Waals surface area (Å²) in [4.78, 5) is 1.96. The molecule has 5 nitrogen and oxygen atoms in total. The maximum Gasteiger partial charge on any atom is 0.169 e. The van der Waals surface area contributed by atoms with Gasteiger partial charge >= 0.3 is 0 Å². The van der Waals surface area contributed by atoms with Crippen LogP contribution in [0, 0.1) is 0 Å². The van der Waals surface area contributed by atoms with Gasteiger partial charge in [-0.25, -0.2) is 4.57 Å². The molecular weight excluding hydrogens is 302 g/mol. The molecule has 0 aliphatic carbocycles. The summed E-state index contributed by atoms with van der Waals surface area (Å²) >= 11 is 0. The van der Waals surface area contributed by atoms with E-state index in [1.807, 2.05) is 41.6 Å². The molecule has 5 heteroatoms. The number of nitrogens with zero attached hydrogens (tertiary/aromatic N) is 2. The Balaban J connectivity index is 2.02. The van der Waals surface area contributed by atoms with Crippen LogP contribution in [0.2, 0.25) is 0 Å². The third-order valence-electron chi connectivity index (χ3n) is 3.77. The molecule has 0 bridgehead atoms. The minimum absolute atomic E-state index is 0.0693. The molecule has 0 saturated carbocycles. The summed E-state index contributed by atoms with van der Waals surface area (Å²) in [5, 5.41) is 18.2. The van der Waals surface area contributed by atoms with Crippen LogP contribution in [0.4, 0.5) is 5.69 Å². The highest BCUT2D eigenvalue weighted by Gasteiger charge is 2.04. The van der Waals surface area contributed by atoms with Gasteiger partial charge in [0.05, 0.1) is 19.8 Å². The monoisotopic (exact) mass is 328 g/mol. The summed E-state index contributed by atoms with van der Waals surface area (Å²) in [7, 11) is 0. The van der Waals surface area contributed by atoms with Gasteiger partial charge in [-0.15, -0.1) is 0 Å². The Hall–Kier alpha value is -2.21. The zero-order valence-electron chi connectivity index (χ0n) is 13.9. The number of hydrogen-bond donors (Lipinski definition) is 3. The van der Waals surface area contributed by atoms with E-state index < -0.39 is 0 Å². The summed E-state index contributed by atoms with van der Waals surface area (Å²) in [5.41, 5.74) is 8.77. The summed E-state index contributed by atoms with van der Waals surface area (Å²) in [6.45, 7) is 2.63. The molecule has 0 atom stereocenters. The topological polar surface area (TPSA) is 73.6 Å².